The van der Waals surface area contributed by atoms with Crippen LogP contribution < -0.4 is 15.2 Å². The van der Waals surface area contributed by atoms with Crippen molar-refractivity contribution in [2.24, 2.45) is 11.1 Å². The average Bonchev–Trinajstić information content (AvgIpc) is 2.86. The minimum atomic E-state index is -0.761. The predicted molar refractivity (Wildman–Crippen MR) is 101 cm³/mol. The minimum Gasteiger partial charge on any atom is -0.488 e. The van der Waals surface area contributed by atoms with E-state index in [2.05, 4.69) is 34.8 Å². The highest BCUT2D eigenvalue weighted by Crippen LogP contribution is 2.50. The van der Waals surface area contributed by atoms with Gasteiger partial charge in [-0.2, -0.15) is 0 Å². The van der Waals surface area contributed by atoms with Crippen LogP contribution in [0.5, 0.6) is 11.6 Å². The van der Waals surface area contributed by atoms with Gasteiger partial charge in [0, 0.05) is 31.5 Å². The number of carbonyl (C=O) groups excluding carboxylic acids is 1. The maximum atomic E-state index is 11.4. The molecule has 0 aromatic carbocycles. The summed E-state index contributed by atoms with van der Waals surface area (Å²) < 4.78 is 22.3. The van der Waals surface area contributed by atoms with Crippen molar-refractivity contribution in [1.29, 1.82) is 0 Å². The number of hydrogen-bond donors (Lipinski definition) is 1. The van der Waals surface area contributed by atoms with Crippen molar-refractivity contribution in [2.45, 2.75) is 45.1 Å². The molecule has 0 saturated heterocycles. The van der Waals surface area contributed by atoms with Crippen molar-refractivity contribution < 1.29 is 23.7 Å². The van der Waals surface area contributed by atoms with Crippen LogP contribution in [0.4, 0.5) is 4.79 Å². The maximum absolute atomic E-state index is 11.4. The molecule has 2 rings (SSSR count). The Morgan fingerprint density at radius 1 is 1.38 bits per heavy atom. The summed E-state index contributed by atoms with van der Waals surface area (Å²) in [5, 5.41) is 0. The Morgan fingerprint density at radius 3 is 2.73 bits per heavy atom. The lowest BCUT2D eigenvalue weighted by molar-refractivity contribution is 0.0395. The van der Waals surface area contributed by atoms with Gasteiger partial charge in [0.15, 0.2) is 5.75 Å². The molecule has 2 N–H and O–H groups in total. The second kappa shape index (κ2) is 8.90. The fourth-order valence-corrected chi connectivity index (χ4v) is 3.99. The third-order valence-corrected chi connectivity index (χ3v) is 5.39. The molecule has 1 aliphatic carbocycles. The first-order valence-electron chi connectivity index (χ1n) is 8.62. The van der Waals surface area contributed by atoms with Crippen LogP contribution >= 0.6 is 15.9 Å². The molecular formula is C18H27BrN2O5. The van der Waals surface area contributed by atoms with Crippen LogP contribution in [0.3, 0.4) is 0 Å². The van der Waals surface area contributed by atoms with Gasteiger partial charge in [0.25, 0.3) is 5.88 Å². The predicted octanol–water partition coefficient (Wildman–Crippen LogP) is 3.64. The number of halogens is 1. The summed E-state index contributed by atoms with van der Waals surface area (Å²) in [6, 6.07) is 1.91. The lowest BCUT2D eigenvalue weighted by atomic mass is 9.85. The number of ether oxygens (including phenoxy) is 4. The van der Waals surface area contributed by atoms with Crippen LogP contribution in [-0.4, -0.2) is 44.6 Å². The van der Waals surface area contributed by atoms with Gasteiger partial charge < -0.3 is 24.7 Å². The van der Waals surface area contributed by atoms with E-state index in [0.29, 0.717) is 29.4 Å². The second-order valence-electron chi connectivity index (χ2n) is 7.06. The van der Waals surface area contributed by atoms with Crippen molar-refractivity contribution in [3.05, 3.63) is 16.2 Å². The number of pyridine rings is 1. The van der Waals surface area contributed by atoms with Gasteiger partial charge in [-0.15, -0.1) is 0 Å². The topological polar surface area (TPSA) is 92.9 Å². The van der Waals surface area contributed by atoms with E-state index < -0.39 is 6.09 Å². The van der Waals surface area contributed by atoms with E-state index in [0.717, 1.165) is 24.8 Å². The number of nitrogens with two attached hydrogens (primary N) is 1. The second-order valence-corrected chi connectivity index (χ2v) is 7.81. The summed E-state index contributed by atoms with van der Waals surface area (Å²) in [7, 11) is 3.20. The molecule has 0 aliphatic heterocycles. The Bertz CT molecular complexity index is 638. The molecule has 0 spiro atoms. The van der Waals surface area contributed by atoms with Gasteiger partial charge in [-0.05, 0) is 40.4 Å². The Labute approximate surface area is 162 Å². The number of carbonyl (C=O) groups is 1. The standard InChI is InChI=1S/C18H27BrN2O5/c1-18(2)7-6-11(14(18)26-17(20)22)12-10-13(25-9-5-8-23-3)16(24-4)21-15(12)19/h10-11,14H,5-9H2,1-4H3,(H2,20,22). The number of rotatable bonds is 8. The minimum absolute atomic E-state index is 0.0217. The third kappa shape index (κ3) is 4.79. The Kier molecular flexibility index (Phi) is 7.11. The molecule has 0 radical (unpaired) electrons. The highest BCUT2D eigenvalue weighted by Gasteiger charge is 2.46. The van der Waals surface area contributed by atoms with E-state index >= 15 is 0 Å². The molecule has 1 fully saturated rings. The molecule has 7 nitrogen and oxygen atoms in total. The number of amides is 1. The summed E-state index contributed by atoms with van der Waals surface area (Å²) in [5.41, 5.74) is 6.05. The highest BCUT2D eigenvalue weighted by molar-refractivity contribution is 9.10. The fourth-order valence-electron chi connectivity index (χ4n) is 3.42. The van der Waals surface area contributed by atoms with Gasteiger partial charge in [0.1, 0.15) is 10.7 Å². The summed E-state index contributed by atoms with van der Waals surface area (Å²) in [6.07, 6.45) is 1.45. The summed E-state index contributed by atoms with van der Waals surface area (Å²) in [6.45, 7) is 5.26. The first kappa shape index (κ1) is 20.8. The first-order valence-corrected chi connectivity index (χ1v) is 9.41. The van der Waals surface area contributed by atoms with Crippen LogP contribution in [-0.2, 0) is 9.47 Å². The smallest absolute Gasteiger partial charge is 0.404 e. The molecule has 0 bridgehead atoms. The molecule has 1 saturated carbocycles. The molecule has 1 amide bonds. The van der Waals surface area contributed by atoms with Crippen molar-refractivity contribution in [3.8, 4) is 11.6 Å². The summed E-state index contributed by atoms with van der Waals surface area (Å²) in [4.78, 5) is 15.9. The summed E-state index contributed by atoms with van der Waals surface area (Å²) >= 11 is 3.52. The highest BCUT2D eigenvalue weighted by atomic mass is 79.9. The number of methoxy groups -OCH3 is 2. The Balaban J connectivity index is 2.30. The lowest BCUT2D eigenvalue weighted by Crippen LogP contribution is -2.34. The molecular weight excluding hydrogens is 404 g/mol. The number of hydrogen-bond acceptors (Lipinski definition) is 6. The van der Waals surface area contributed by atoms with E-state index in [1.807, 2.05) is 6.07 Å². The number of nitrogens with zero attached hydrogens (tertiary/aromatic N) is 1. The molecule has 8 heteroatoms. The average molecular weight is 431 g/mol. The van der Waals surface area contributed by atoms with Gasteiger partial charge in [-0.1, -0.05) is 13.8 Å². The van der Waals surface area contributed by atoms with Crippen molar-refractivity contribution in [2.75, 3.05) is 27.4 Å². The molecule has 2 unspecified atom stereocenters. The SMILES string of the molecule is COCCCOc1cc(C2CCC(C)(C)C2OC(N)=O)c(Br)nc1OC. The van der Waals surface area contributed by atoms with Crippen LogP contribution in [0.1, 0.15) is 44.6 Å². The van der Waals surface area contributed by atoms with Crippen LogP contribution in [0, 0.1) is 5.41 Å². The van der Waals surface area contributed by atoms with Gasteiger partial charge in [-0.3, -0.25) is 0 Å². The van der Waals surface area contributed by atoms with E-state index in [4.69, 9.17) is 24.7 Å². The Morgan fingerprint density at radius 2 is 2.12 bits per heavy atom. The van der Waals surface area contributed by atoms with Gasteiger partial charge in [0.2, 0.25) is 0 Å². The van der Waals surface area contributed by atoms with E-state index in [-0.39, 0.29) is 17.4 Å². The monoisotopic (exact) mass is 430 g/mol. The molecule has 1 aromatic rings. The summed E-state index contributed by atoms with van der Waals surface area (Å²) in [5.74, 6) is 0.943. The number of primary amides is 1. The van der Waals surface area contributed by atoms with Gasteiger partial charge in [0.05, 0.1) is 13.7 Å². The third-order valence-electron chi connectivity index (χ3n) is 4.76. The molecule has 1 aromatic heterocycles. The molecule has 146 valence electrons. The van der Waals surface area contributed by atoms with E-state index in [1.165, 1.54) is 0 Å². The Hall–Kier alpha value is -1.54. The quantitative estimate of drug-likeness (QED) is 0.499. The zero-order valence-electron chi connectivity index (χ0n) is 15.7. The van der Waals surface area contributed by atoms with E-state index in [9.17, 15) is 4.79 Å². The molecule has 1 aliphatic rings. The van der Waals surface area contributed by atoms with Gasteiger partial charge in [-0.25, -0.2) is 9.78 Å². The fraction of sp³-hybridized carbons (Fsp3) is 0.667. The maximum Gasteiger partial charge on any atom is 0.404 e. The van der Waals surface area contributed by atoms with Crippen LogP contribution in [0.2, 0.25) is 0 Å². The van der Waals surface area contributed by atoms with Crippen LogP contribution in [0.15, 0.2) is 10.7 Å². The van der Waals surface area contributed by atoms with Gasteiger partial charge >= 0.3 is 6.09 Å². The zero-order chi connectivity index (χ0) is 19.3. The molecule has 1 heterocycles. The largest absolute Gasteiger partial charge is 0.488 e. The first-order chi connectivity index (χ1) is 12.3. The molecule has 2 atom stereocenters. The molecule has 26 heavy (non-hydrogen) atoms. The van der Waals surface area contributed by atoms with Crippen molar-refractivity contribution >= 4 is 22.0 Å². The van der Waals surface area contributed by atoms with Crippen LogP contribution in [0.25, 0.3) is 0 Å². The number of aromatic nitrogens is 1. The van der Waals surface area contributed by atoms with E-state index in [1.54, 1.807) is 14.2 Å². The van der Waals surface area contributed by atoms with Crippen molar-refractivity contribution in [3.63, 3.8) is 0 Å². The normalized spacial score (nSPS) is 21.4. The zero-order valence-corrected chi connectivity index (χ0v) is 17.3. The lowest BCUT2D eigenvalue weighted by Gasteiger charge is -2.30. The van der Waals surface area contributed by atoms with Crippen molar-refractivity contribution in [1.82, 2.24) is 4.98 Å².